The number of halogens is 1. The van der Waals surface area contributed by atoms with Crippen LogP contribution in [-0.4, -0.2) is 0 Å². The van der Waals surface area contributed by atoms with E-state index in [0.29, 0.717) is 5.92 Å². The van der Waals surface area contributed by atoms with E-state index < -0.39 is 0 Å². The summed E-state index contributed by atoms with van der Waals surface area (Å²) < 4.78 is 1.08. The largest absolute Gasteiger partial charge is 0.112 e. The summed E-state index contributed by atoms with van der Waals surface area (Å²) in [5.74, 6) is 0.385. The van der Waals surface area contributed by atoms with Gasteiger partial charge in [-0.15, -0.1) is 11.8 Å². The molecule has 6 rings (SSSR count). The quantitative estimate of drug-likeness (QED) is 0.283. The molecule has 0 nitrogen and oxygen atoms in total. The smallest absolute Gasteiger partial charge is 0.0674 e. The maximum absolute atomic E-state index is 3.62. The third-order valence-corrected chi connectivity index (χ3v) is 8.97. The van der Waals surface area contributed by atoms with Crippen molar-refractivity contribution in [3.05, 3.63) is 148 Å². The van der Waals surface area contributed by atoms with Crippen LogP contribution >= 0.6 is 27.7 Å². The molecule has 3 atom stereocenters. The summed E-state index contributed by atoms with van der Waals surface area (Å²) in [6.45, 7) is 0. The first kappa shape index (κ1) is 19.2. The summed E-state index contributed by atoms with van der Waals surface area (Å²) in [4.78, 5) is 1.38. The van der Waals surface area contributed by atoms with Gasteiger partial charge in [0.1, 0.15) is 0 Å². The molecule has 1 fully saturated rings. The highest BCUT2D eigenvalue weighted by molar-refractivity contribution is 9.10. The van der Waals surface area contributed by atoms with Crippen LogP contribution in [0.15, 0.2) is 126 Å². The van der Waals surface area contributed by atoms with E-state index in [1.807, 2.05) is 11.8 Å². The van der Waals surface area contributed by atoms with Crippen LogP contribution < -0.4 is 0 Å². The number of benzene rings is 4. The van der Waals surface area contributed by atoms with Crippen LogP contribution in [0.3, 0.4) is 0 Å². The Morgan fingerprint density at radius 3 is 1.77 bits per heavy atom. The minimum atomic E-state index is -0.0702. The van der Waals surface area contributed by atoms with E-state index in [1.165, 1.54) is 27.2 Å². The van der Waals surface area contributed by atoms with E-state index in [2.05, 4.69) is 137 Å². The zero-order valence-corrected chi connectivity index (χ0v) is 19.3. The van der Waals surface area contributed by atoms with E-state index in [4.69, 9.17) is 0 Å². The molecular weight excluding hydrogens is 460 g/mol. The molecule has 2 aliphatic rings. The molecule has 1 heterocycles. The number of hydrogen-bond acceptors (Lipinski definition) is 1. The van der Waals surface area contributed by atoms with Gasteiger partial charge in [-0.05, 0) is 34.4 Å². The van der Waals surface area contributed by atoms with Gasteiger partial charge in [0, 0.05) is 20.7 Å². The summed E-state index contributed by atoms with van der Waals surface area (Å²) in [7, 11) is 0. The van der Waals surface area contributed by atoms with E-state index in [9.17, 15) is 0 Å². The summed E-state index contributed by atoms with van der Waals surface area (Å²) >= 11 is 5.66. The third kappa shape index (κ3) is 2.75. The van der Waals surface area contributed by atoms with Crippen molar-refractivity contribution in [2.45, 2.75) is 16.1 Å². The standard InChI is InChI=1S/C29H21BrS/c30-25-18-16-22(17-19-25)27-28(23-12-6-2-7-13-23)20-26(21-10-4-1-5-11-21)31-29(27,28)24-14-8-3-9-15-24/h1-20,27H. The molecule has 0 N–H and O–H groups in total. The van der Waals surface area contributed by atoms with Crippen LogP contribution in [-0.2, 0) is 10.2 Å². The average molecular weight is 481 g/mol. The van der Waals surface area contributed by atoms with Gasteiger partial charge in [0.25, 0.3) is 0 Å². The van der Waals surface area contributed by atoms with Crippen LogP contribution in [0.1, 0.15) is 28.2 Å². The van der Waals surface area contributed by atoms with Gasteiger partial charge in [0.15, 0.2) is 0 Å². The monoisotopic (exact) mass is 480 g/mol. The second kappa shape index (κ2) is 7.25. The van der Waals surface area contributed by atoms with Crippen molar-refractivity contribution in [2.75, 3.05) is 0 Å². The maximum Gasteiger partial charge on any atom is 0.0674 e. The molecule has 0 amide bonds. The predicted molar refractivity (Wildman–Crippen MR) is 135 cm³/mol. The van der Waals surface area contributed by atoms with E-state index in [0.717, 1.165) is 4.47 Å². The van der Waals surface area contributed by atoms with Gasteiger partial charge in [0.05, 0.1) is 4.75 Å². The van der Waals surface area contributed by atoms with Gasteiger partial charge in [-0.25, -0.2) is 0 Å². The molecule has 2 heteroatoms. The fourth-order valence-electron chi connectivity index (χ4n) is 5.44. The van der Waals surface area contributed by atoms with Crippen molar-refractivity contribution in [3.8, 4) is 0 Å². The maximum atomic E-state index is 3.62. The first-order chi connectivity index (χ1) is 15.3. The minimum absolute atomic E-state index is 0.0470. The lowest BCUT2D eigenvalue weighted by Gasteiger charge is -2.19. The predicted octanol–water partition coefficient (Wildman–Crippen LogP) is 8.17. The fourth-order valence-corrected chi connectivity index (χ4v) is 7.65. The van der Waals surface area contributed by atoms with E-state index >= 15 is 0 Å². The van der Waals surface area contributed by atoms with Crippen LogP contribution in [0.5, 0.6) is 0 Å². The molecule has 0 aromatic heterocycles. The Kier molecular flexibility index (Phi) is 4.48. The molecular formula is C29H21BrS. The van der Waals surface area contributed by atoms with Crippen molar-refractivity contribution in [2.24, 2.45) is 0 Å². The number of rotatable bonds is 4. The van der Waals surface area contributed by atoms with Crippen LogP contribution in [0.4, 0.5) is 0 Å². The molecule has 0 spiro atoms. The van der Waals surface area contributed by atoms with Gasteiger partial charge in [0.2, 0.25) is 0 Å². The lowest BCUT2D eigenvalue weighted by atomic mass is 9.88. The highest BCUT2D eigenvalue weighted by Gasteiger charge is 2.80. The van der Waals surface area contributed by atoms with Gasteiger partial charge in [-0.1, -0.05) is 125 Å². The topological polar surface area (TPSA) is 0 Å². The lowest BCUT2D eigenvalue weighted by Crippen LogP contribution is -2.13. The van der Waals surface area contributed by atoms with Gasteiger partial charge < -0.3 is 0 Å². The molecule has 31 heavy (non-hydrogen) atoms. The fraction of sp³-hybridized carbons (Fsp3) is 0.103. The van der Waals surface area contributed by atoms with Crippen molar-refractivity contribution >= 4 is 32.6 Å². The summed E-state index contributed by atoms with van der Waals surface area (Å²) in [5, 5.41) is 0. The van der Waals surface area contributed by atoms with Crippen molar-refractivity contribution < 1.29 is 0 Å². The third-order valence-electron chi connectivity index (χ3n) is 6.74. The van der Waals surface area contributed by atoms with Crippen LogP contribution in [0.25, 0.3) is 4.91 Å². The molecule has 1 aliphatic carbocycles. The summed E-state index contributed by atoms with van der Waals surface area (Å²) in [5.41, 5.74) is 5.43. The Bertz CT molecular complexity index is 1250. The van der Waals surface area contributed by atoms with Crippen molar-refractivity contribution in [1.29, 1.82) is 0 Å². The first-order valence-corrected chi connectivity index (χ1v) is 12.2. The Hall–Kier alpha value is -2.55. The number of hydrogen-bond donors (Lipinski definition) is 0. The SMILES string of the molecule is Brc1ccc(C2C3(c4ccccc4)C=C(c4ccccc4)SC23c2ccccc2)cc1. The Balaban J connectivity index is 1.61. The molecule has 3 unspecified atom stereocenters. The van der Waals surface area contributed by atoms with Crippen molar-refractivity contribution in [3.63, 3.8) is 0 Å². The molecule has 0 bridgehead atoms. The molecule has 1 aliphatic heterocycles. The zero-order chi connectivity index (χ0) is 20.9. The summed E-state index contributed by atoms with van der Waals surface area (Å²) in [6, 6.07) is 41.9. The molecule has 1 saturated carbocycles. The first-order valence-electron chi connectivity index (χ1n) is 10.6. The van der Waals surface area contributed by atoms with Gasteiger partial charge in [-0.3, -0.25) is 0 Å². The number of allylic oxidation sites excluding steroid dienone is 1. The lowest BCUT2D eigenvalue weighted by molar-refractivity contribution is 0.809. The molecule has 4 aromatic carbocycles. The highest BCUT2D eigenvalue weighted by atomic mass is 79.9. The average Bonchev–Trinajstić information content (AvgIpc) is 3.26. The van der Waals surface area contributed by atoms with E-state index in [-0.39, 0.29) is 10.2 Å². The second-order valence-corrected chi connectivity index (χ2v) is 10.5. The zero-order valence-electron chi connectivity index (χ0n) is 16.9. The van der Waals surface area contributed by atoms with Crippen LogP contribution in [0.2, 0.25) is 0 Å². The number of thioether (sulfide) groups is 1. The Morgan fingerprint density at radius 2 is 1.16 bits per heavy atom. The highest BCUT2D eigenvalue weighted by Crippen LogP contribution is 2.85. The van der Waals surface area contributed by atoms with Gasteiger partial charge in [-0.2, -0.15) is 0 Å². The number of fused-ring (bicyclic) bond motifs is 1. The van der Waals surface area contributed by atoms with Crippen LogP contribution in [0, 0.1) is 0 Å². The molecule has 4 aromatic rings. The molecule has 0 radical (unpaired) electrons. The van der Waals surface area contributed by atoms with Gasteiger partial charge >= 0.3 is 0 Å². The van der Waals surface area contributed by atoms with Crippen molar-refractivity contribution in [1.82, 2.24) is 0 Å². The molecule has 150 valence electrons. The Labute approximate surface area is 196 Å². The normalized spacial score (nSPS) is 26.2. The molecule has 0 saturated heterocycles. The summed E-state index contributed by atoms with van der Waals surface area (Å²) in [6.07, 6.45) is 2.56. The Morgan fingerprint density at radius 1 is 0.613 bits per heavy atom. The minimum Gasteiger partial charge on any atom is -0.112 e. The second-order valence-electron chi connectivity index (χ2n) is 8.30. The van der Waals surface area contributed by atoms with E-state index in [1.54, 1.807) is 0 Å².